The zero-order valence-corrected chi connectivity index (χ0v) is 26.8. The molecule has 3 aromatic heterocycles. The van der Waals surface area contributed by atoms with Crippen molar-refractivity contribution in [1.82, 2.24) is 19.9 Å². The molecule has 0 aliphatic carbocycles. The van der Waals surface area contributed by atoms with Gasteiger partial charge in [-0.05, 0) is 77.4 Å². The van der Waals surface area contributed by atoms with E-state index in [4.69, 9.17) is 9.97 Å². The Hall–Kier alpha value is -6.92. The average Bonchev–Trinajstić information content (AvgIpc) is 3.98. The minimum atomic E-state index is -0.0463. The highest BCUT2D eigenvalue weighted by Crippen LogP contribution is 2.43. The molecule has 8 bridgehead atoms. The van der Waals surface area contributed by atoms with E-state index < -0.39 is 0 Å². The van der Waals surface area contributed by atoms with Crippen LogP contribution in [0.1, 0.15) is 22.8 Å². The van der Waals surface area contributed by atoms with Gasteiger partial charge in [-0.3, -0.25) is 0 Å². The van der Waals surface area contributed by atoms with Gasteiger partial charge in [-0.15, -0.1) is 0 Å². The number of aromatic nitrogens is 4. The number of rotatable bonds is 4. The highest BCUT2D eigenvalue weighted by Gasteiger charge is 2.21. The molecule has 9 rings (SSSR count). The molecular formula is C44H30N4O2. The monoisotopic (exact) mass is 646 g/mol. The summed E-state index contributed by atoms with van der Waals surface area (Å²) in [6.45, 7) is 0. The van der Waals surface area contributed by atoms with Gasteiger partial charge in [0.25, 0.3) is 0 Å². The lowest BCUT2D eigenvalue weighted by atomic mass is 10.0. The van der Waals surface area contributed by atoms with Crippen LogP contribution >= 0.6 is 0 Å². The summed E-state index contributed by atoms with van der Waals surface area (Å²) in [5, 5.41) is 22.4. The Morgan fingerprint density at radius 2 is 0.640 bits per heavy atom. The van der Waals surface area contributed by atoms with Crippen molar-refractivity contribution in [3.63, 3.8) is 0 Å². The van der Waals surface area contributed by atoms with E-state index in [-0.39, 0.29) is 11.5 Å². The summed E-state index contributed by atoms with van der Waals surface area (Å²) >= 11 is 0. The van der Waals surface area contributed by atoms with Crippen molar-refractivity contribution in [2.24, 2.45) is 0 Å². The number of phenols is 2. The van der Waals surface area contributed by atoms with Crippen molar-refractivity contribution in [3.8, 4) is 56.0 Å². The van der Waals surface area contributed by atoms with Gasteiger partial charge in [0.2, 0.25) is 0 Å². The number of benzene rings is 4. The van der Waals surface area contributed by atoms with Crippen LogP contribution in [0.25, 0.3) is 90.9 Å². The molecule has 50 heavy (non-hydrogen) atoms. The number of hydrogen-bond donors (Lipinski definition) is 4. The molecule has 7 aromatic rings. The molecular weight excluding hydrogens is 617 g/mol. The third kappa shape index (κ3) is 4.98. The quantitative estimate of drug-likeness (QED) is 0.153. The summed E-state index contributed by atoms with van der Waals surface area (Å²) in [6.07, 6.45) is 8.07. The van der Waals surface area contributed by atoms with Crippen LogP contribution in [-0.4, -0.2) is 30.1 Å². The summed E-state index contributed by atoms with van der Waals surface area (Å²) in [4.78, 5) is 17.9. The van der Waals surface area contributed by atoms with Gasteiger partial charge in [0.05, 0.1) is 28.3 Å². The predicted octanol–water partition coefficient (Wildman–Crippen LogP) is 10.7. The number of phenolic OH excluding ortho intramolecular Hbond substituents is 2. The van der Waals surface area contributed by atoms with Crippen LogP contribution in [0.15, 0.2) is 133 Å². The molecule has 0 atom stereocenters. The van der Waals surface area contributed by atoms with Gasteiger partial charge >= 0.3 is 0 Å². The van der Waals surface area contributed by atoms with Crippen molar-refractivity contribution >= 4 is 46.4 Å². The summed E-state index contributed by atoms with van der Waals surface area (Å²) in [5.41, 5.74) is 13.1. The Labute approximate surface area is 288 Å². The summed E-state index contributed by atoms with van der Waals surface area (Å²) in [7, 11) is 0. The van der Waals surface area contributed by atoms with Crippen molar-refractivity contribution in [2.45, 2.75) is 0 Å². The van der Waals surface area contributed by atoms with Crippen LogP contribution in [0.5, 0.6) is 11.5 Å². The standard InChI is InChI=1S/C44H30N4O2/c49-38-17-10-18-39(50)44(38)43-36-25-23-34(47-36)41(28-13-6-2-7-14-28)32-21-19-30(45-32)40(27-11-4-1-5-12-27)31-20-22-33(46-31)42(29-15-8-3-9-16-29)35-24-26-37(43)48-35/h1-26,45,48-50H. The second kappa shape index (κ2) is 12.0. The number of aromatic amines is 2. The maximum Gasteiger partial charge on any atom is 0.127 e. The molecule has 0 spiro atoms. The highest BCUT2D eigenvalue weighted by atomic mass is 16.3. The van der Waals surface area contributed by atoms with Gasteiger partial charge in [0, 0.05) is 44.3 Å². The number of nitrogens with one attached hydrogen (secondary N) is 2. The number of fused-ring (bicyclic) bond motifs is 8. The molecule has 0 saturated heterocycles. The third-order valence-electron chi connectivity index (χ3n) is 9.21. The molecule has 6 heteroatoms. The second-order valence-corrected chi connectivity index (χ2v) is 12.3. The fourth-order valence-electron chi connectivity index (χ4n) is 6.98. The van der Waals surface area contributed by atoms with Gasteiger partial charge in [-0.25, -0.2) is 9.97 Å². The first kappa shape index (κ1) is 29.2. The van der Waals surface area contributed by atoms with Gasteiger partial charge in [0.1, 0.15) is 11.5 Å². The van der Waals surface area contributed by atoms with E-state index in [0.29, 0.717) is 22.3 Å². The molecule has 0 amide bonds. The molecule has 4 aromatic carbocycles. The molecule has 0 fully saturated rings. The van der Waals surface area contributed by atoms with Crippen LogP contribution < -0.4 is 0 Å². The van der Waals surface area contributed by atoms with Crippen LogP contribution in [0.2, 0.25) is 0 Å². The molecule has 2 aliphatic heterocycles. The Balaban J connectivity index is 1.50. The number of nitrogens with zero attached hydrogens (tertiary/aromatic N) is 2. The van der Waals surface area contributed by atoms with E-state index in [2.05, 4.69) is 70.7 Å². The average molecular weight is 647 g/mol. The van der Waals surface area contributed by atoms with Crippen molar-refractivity contribution in [3.05, 3.63) is 156 Å². The van der Waals surface area contributed by atoms with Crippen LogP contribution in [0.4, 0.5) is 0 Å². The molecule has 6 nitrogen and oxygen atoms in total. The van der Waals surface area contributed by atoms with Gasteiger partial charge in [-0.2, -0.15) is 0 Å². The van der Waals surface area contributed by atoms with Crippen molar-refractivity contribution in [1.29, 1.82) is 0 Å². The first-order valence-corrected chi connectivity index (χ1v) is 16.5. The number of H-pyrrole nitrogens is 2. The summed E-state index contributed by atoms with van der Waals surface area (Å²) in [6, 6.07) is 43.7. The van der Waals surface area contributed by atoms with Crippen LogP contribution in [0.3, 0.4) is 0 Å². The molecule has 0 unspecified atom stereocenters. The topological polar surface area (TPSA) is 97.8 Å². The molecule has 238 valence electrons. The number of aromatic hydroxyl groups is 2. The van der Waals surface area contributed by atoms with E-state index in [0.717, 1.165) is 67.0 Å². The van der Waals surface area contributed by atoms with Gasteiger partial charge < -0.3 is 20.2 Å². The molecule has 5 heterocycles. The minimum absolute atomic E-state index is 0.0463. The lowest BCUT2D eigenvalue weighted by Gasteiger charge is -2.09. The molecule has 2 aliphatic rings. The third-order valence-corrected chi connectivity index (χ3v) is 9.21. The van der Waals surface area contributed by atoms with Gasteiger partial charge in [-0.1, -0.05) is 97.1 Å². The van der Waals surface area contributed by atoms with E-state index >= 15 is 0 Å². The van der Waals surface area contributed by atoms with E-state index in [1.54, 1.807) is 18.2 Å². The van der Waals surface area contributed by atoms with E-state index in [1.807, 2.05) is 78.9 Å². The van der Waals surface area contributed by atoms with E-state index in [9.17, 15) is 10.2 Å². The minimum Gasteiger partial charge on any atom is -0.507 e. The molecule has 0 radical (unpaired) electrons. The maximum absolute atomic E-state index is 11.2. The maximum atomic E-state index is 11.2. The Morgan fingerprint density at radius 1 is 0.320 bits per heavy atom. The SMILES string of the molecule is Oc1cccc(O)c1-c1c2nc(c(-c3ccccc3)c3ccc([nH]3)c(-c3ccccc3)c3nc(c(-c4ccccc4)c4ccc1[nH]4)C=C3)C=C2. The zero-order valence-electron chi connectivity index (χ0n) is 26.8. The summed E-state index contributed by atoms with van der Waals surface area (Å²) in [5.74, 6) is -0.0927. The fraction of sp³-hybridized carbons (Fsp3) is 0. The highest BCUT2D eigenvalue weighted by molar-refractivity contribution is 6.00. The Morgan fingerprint density at radius 3 is 1.00 bits per heavy atom. The fourth-order valence-corrected chi connectivity index (χ4v) is 6.98. The normalized spacial score (nSPS) is 12.0. The van der Waals surface area contributed by atoms with Crippen LogP contribution in [-0.2, 0) is 0 Å². The van der Waals surface area contributed by atoms with Crippen molar-refractivity contribution < 1.29 is 10.2 Å². The van der Waals surface area contributed by atoms with Crippen LogP contribution in [0, 0.1) is 0 Å². The predicted molar refractivity (Wildman–Crippen MR) is 204 cm³/mol. The molecule has 4 N–H and O–H groups in total. The largest absolute Gasteiger partial charge is 0.507 e. The summed E-state index contributed by atoms with van der Waals surface area (Å²) < 4.78 is 0. The lowest BCUT2D eigenvalue weighted by Crippen LogP contribution is -1.90. The van der Waals surface area contributed by atoms with E-state index in [1.165, 1.54) is 0 Å². The Bertz CT molecular complexity index is 2600. The van der Waals surface area contributed by atoms with Gasteiger partial charge in [0.15, 0.2) is 0 Å². The lowest BCUT2D eigenvalue weighted by molar-refractivity contribution is 0.454. The molecule has 0 saturated carbocycles. The first-order chi connectivity index (χ1) is 24.6. The first-order valence-electron chi connectivity index (χ1n) is 16.5. The second-order valence-electron chi connectivity index (χ2n) is 12.3. The Kier molecular flexibility index (Phi) is 6.99. The number of hydrogen-bond acceptors (Lipinski definition) is 4. The smallest absolute Gasteiger partial charge is 0.127 e. The zero-order chi connectivity index (χ0) is 33.6. The van der Waals surface area contributed by atoms with Crippen molar-refractivity contribution in [2.75, 3.05) is 0 Å².